The van der Waals surface area contributed by atoms with Gasteiger partial charge in [0.15, 0.2) is 11.8 Å². The van der Waals surface area contributed by atoms with Gasteiger partial charge in [-0.05, 0) is 17.5 Å². The Balaban J connectivity index is 1.90. The molecule has 1 heterocycles. The summed E-state index contributed by atoms with van der Waals surface area (Å²) in [4.78, 5) is 8.65. The van der Waals surface area contributed by atoms with Crippen molar-refractivity contribution in [2.45, 2.75) is 52.6 Å². The highest BCUT2D eigenvalue weighted by Gasteiger charge is 2.21. The Labute approximate surface area is 143 Å². The molecule has 1 aromatic heterocycles. The quantitative estimate of drug-likeness (QED) is 0.652. The number of hydrogen-bond donors (Lipinski definition) is 2. The Bertz CT molecular complexity index is 685. The van der Waals surface area contributed by atoms with E-state index >= 15 is 0 Å². The fourth-order valence-electron chi connectivity index (χ4n) is 2.27. The highest BCUT2D eigenvalue weighted by Crippen LogP contribution is 2.19. The van der Waals surface area contributed by atoms with E-state index in [-0.39, 0.29) is 5.41 Å². The van der Waals surface area contributed by atoms with Crippen LogP contribution in [-0.4, -0.2) is 23.1 Å². The second-order valence-corrected chi connectivity index (χ2v) is 6.67. The van der Waals surface area contributed by atoms with E-state index in [9.17, 15) is 0 Å². The molecule has 0 fully saturated rings. The van der Waals surface area contributed by atoms with Crippen LogP contribution in [0.4, 0.5) is 0 Å². The van der Waals surface area contributed by atoms with Gasteiger partial charge in [-0.3, -0.25) is 4.99 Å². The largest absolute Gasteiger partial charge is 0.352 e. The van der Waals surface area contributed by atoms with Crippen LogP contribution in [0.1, 0.15) is 50.5 Å². The second-order valence-electron chi connectivity index (χ2n) is 6.67. The topological polar surface area (TPSA) is 75.3 Å². The van der Waals surface area contributed by atoms with Crippen molar-refractivity contribution >= 4 is 5.96 Å². The summed E-state index contributed by atoms with van der Waals surface area (Å²) in [6, 6.07) is 8.41. The second kappa shape index (κ2) is 7.95. The third kappa shape index (κ3) is 4.81. The minimum Gasteiger partial charge on any atom is -0.352 e. The number of aromatic nitrogens is 2. The smallest absolute Gasteiger partial charge is 0.232 e. The van der Waals surface area contributed by atoms with Crippen molar-refractivity contribution in [1.82, 2.24) is 20.8 Å². The summed E-state index contributed by atoms with van der Waals surface area (Å²) in [6.45, 7) is 9.49. The molecular weight excluding hydrogens is 302 g/mol. The first kappa shape index (κ1) is 18.0. The van der Waals surface area contributed by atoms with E-state index < -0.39 is 0 Å². The number of benzene rings is 1. The third-order valence-electron chi connectivity index (χ3n) is 3.69. The Hall–Kier alpha value is -2.37. The number of aryl methyl sites for hydroxylation is 1. The van der Waals surface area contributed by atoms with E-state index in [4.69, 9.17) is 4.52 Å². The lowest BCUT2D eigenvalue weighted by Gasteiger charge is -2.13. The molecule has 2 aromatic rings. The maximum absolute atomic E-state index is 5.29. The number of nitrogens with one attached hydrogen (secondary N) is 2. The van der Waals surface area contributed by atoms with Crippen LogP contribution < -0.4 is 10.6 Å². The highest BCUT2D eigenvalue weighted by molar-refractivity contribution is 5.79. The van der Waals surface area contributed by atoms with Crippen LogP contribution in [0.25, 0.3) is 0 Å². The SMILES string of the molecule is CCc1ccccc1CNC(=NC)NCc1noc(C(C)(C)C)n1. The van der Waals surface area contributed by atoms with Crippen molar-refractivity contribution in [2.75, 3.05) is 7.05 Å². The molecule has 0 aliphatic heterocycles. The summed E-state index contributed by atoms with van der Waals surface area (Å²) in [5, 5.41) is 10.5. The maximum atomic E-state index is 5.29. The highest BCUT2D eigenvalue weighted by atomic mass is 16.5. The van der Waals surface area contributed by atoms with Crippen LogP contribution in [0, 0.1) is 0 Å². The van der Waals surface area contributed by atoms with Gasteiger partial charge < -0.3 is 15.2 Å². The number of rotatable bonds is 5. The zero-order chi connectivity index (χ0) is 17.6. The van der Waals surface area contributed by atoms with Gasteiger partial charge in [-0.25, -0.2) is 0 Å². The molecule has 6 heteroatoms. The van der Waals surface area contributed by atoms with Gasteiger partial charge in [-0.1, -0.05) is 57.1 Å². The van der Waals surface area contributed by atoms with Gasteiger partial charge >= 0.3 is 0 Å². The van der Waals surface area contributed by atoms with Gasteiger partial charge in [0.05, 0.1) is 6.54 Å². The van der Waals surface area contributed by atoms with E-state index in [0.717, 1.165) is 13.0 Å². The third-order valence-corrected chi connectivity index (χ3v) is 3.69. The summed E-state index contributed by atoms with van der Waals surface area (Å²) in [5.74, 6) is 1.97. The summed E-state index contributed by atoms with van der Waals surface area (Å²) in [6.07, 6.45) is 1.02. The Morgan fingerprint density at radius 2 is 1.79 bits per heavy atom. The molecule has 2 rings (SSSR count). The molecule has 130 valence electrons. The van der Waals surface area contributed by atoms with Gasteiger partial charge in [0.25, 0.3) is 0 Å². The van der Waals surface area contributed by atoms with E-state index in [0.29, 0.717) is 24.2 Å². The number of hydrogen-bond acceptors (Lipinski definition) is 4. The van der Waals surface area contributed by atoms with Gasteiger partial charge in [0.2, 0.25) is 5.89 Å². The van der Waals surface area contributed by atoms with E-state index in [1.54, 1.807) is 7.05 Å². The predicted molar refractivity (Wildman–Crippen MR) is 95.9 cm³/mol. The molecule has 0 atom stereocenters. The van der Waals surface area contributed by atoms with Gasteiger partial charge in [-0.2, -0.15) is 4.98 Å². The molecule has 0 spiro atoms. The monoisotopic (exact) mass is 329 g/mol. The van der Waals surface area contributed by atoms with E-state index in [1.165, 1.54) is 11.1 Å². The summed E-state index contributed by atoms with van der Waals surface area (Å²) in [5.41, 5.74) is 2.47. The molecule has 0 unspecified atom stereocenters. The first-order chi connectivity index (χ1) is 11.4. The maximum Gasteiger partial charge on any atom is 0.232 e. The molecule has 0 aliphatic carbocycles. The molecule has 0 saturated carbocycles. The molecule has 24 heavy (non-hydrogen) atoms. The van der Waals surface area contributed by atoms with Gasteiger partial charge in [0, 0.05) is 19.0 Å². The number of aliphatic imine (C=N–C) groups is 1. The molecule has 2 N–H and O–H groups in total. The van der Waals surface area contributed by atoms with Crippen LogP contribution in [-0.2, 0) is 24.9 Å². The van der Waals surface area contributed by atoms with Gasteiger partial charge in [0.1, 0.15) is 0 Å². The Kier molecular flexibility index (Phi) is 5.95. The zero-order valence-electron chi connectivity index (χ0n) is 15.2. The summed E-state index contributed by atoms with van der Waals surface area (Å²) < 4.78 is 5.29. The molecule has 1 aromatic carbocycles. The lowest BCUT2D eigenvalue weighted by Crippen LogP contribution is -2.36. The minimum absolute atomic E-state index is 0.144. The van der Waals surface area contributed by atoms with Crippen molar-refractivity contribution in [3.05, 3.63) is 47.1 Å². The van der Waals surface area contributed by atoms with Crippen molar-refractivity contribution in [3.63, 3.8) is 0 Å². The van der Waals surface area contributed by atoms with Crippen LogP contribution in [0.2, 0.25) is 0 Å². The van der Waals surface area contributed by atoms with Crippen molar-refractivity contribution in [2.24, 2.45) is 4.99 Å². The first-order valence-electron chi connectivity index (χ1n) is 8.28. The summed E-state index contributed by atoms with van der Waals surface area (Å²) in [7, 11) is 1.75. The summed E-state index contributed by atoms with van der Waals surface area (Å²) >= 11 is 0. The Morgan fingerprint density at radius 3 is 2.38 bits per heavy atom. The van der Waals surface area contributed by atoms with Crippen LogP contribution in [0.15, 0.2) is 33.8 Å². The first-order valence-corrected chi connectivity index (χ1v) is 8.28. The van der Waals surface area contributed by atoms with Crippen LogP contribution in [0.5, 0.6) is 0 Å². The van der Waals surface area contributed by atoms with Crippen LogP contribution >= 0.6 is 0 Å². The lowest BCUT2D eigenvalue weighted by molar-refractivity contribution is 0.318. The molecule has 6 nitrogen and oxygen atoms in total. The molecular formula is C18H27N5O. The van der Waals surface area contributed by atoms with E-state index in [1.807, 2.05) is 20.8 Å². The van der Waals surface area contributed by atoms with Crippen molar-refractivity contribution < 1.29 is 4.52 Å². The predicted octanol–water partition coefficient (Wildman–Crippen LogP) is 2.79. The molecule has 0 bridgehead atoms. The molecule has 0 radical (unpaired) electrons. The average molecular weight is 329 g/mol. The number of guanidine groups is 1. The normalized spacial score (nSPS) is 12.3. The van der Waals surface area contributed by atoms with Crippen LogP contribution in [0.3, 0.4) is 0 Å². The Morgan fingerprint density at radius 1 is 1.12 bits per heavy atom. The molecule has 0 aliphatic rings. The lowest BCUT2D eigenvalue weighted by atomic mass is 9.97. The zero-order valence-corrected chi connectivity index (χ0v) is 15.2. The fraction of sp³-hybridized carbons (Fsp3) is 0.500. The standard InChI is InChI=1S/C18H27N5O/c1-6-13-9-7-8-10-14(13)11-20-17(19-5)21-12-15-22-16(24-23-15)18(2,3)4/h7-10H,6,11-12H2,1-5H3,(H2,19,20,21). The van der Waals surface area contributed by atoms with E-state index in [2.05, 4.69) is 57.0 Å². The fourth-order valence-corrected chi connectivity index (χ4v) is 2.27. The average Bonchev–Trinajstić information content (AvgIpc) is 3.04. The number of nitrogens with zero attached hydrogens (tertiary/aromatic N) is 3. The van der Waals surface area contributed by atoms with Gasteiger partial charge in [-0.15, -0.1) is 0 Å². The molecule has 0 amide bonds. The minimum atomic E-state index is -0.144. The van der Waals surface area contributed by atoms with Crippen molar-refractivity contribution in [1.29, 1.82) is 0 Å². The van der Waals surface area contributed by atoms with Crippen molar-refractivity contribution in [3.8, 4) is 0 Å². The molecule has 0 saturated heterocycles.